The Bertz CT molecular complexity index is 946. The van der Waals surface area contributed by atoms with Crippen LogP contribution in [-0.4, -0.2) is 38.4 Å². The van der Waals surface area contributed by atoms with Gasteiger partial charge in [0, 0.05) is 25.5 Å². The second-order valence-corrected chi connectivity index (χ2v) is 7.48. The van der Waals surface area contributed by atoms with Gasteiger partial charge in [-0.1, -0.05) is 30.3 Å². The van der Waals surface area contributed by atoms with E-state index in [2.05, 4.69) is 17.1 Å². The van der Waals surface area contributed by atoms with Crippen molar-refractivity contribution in [1.29, 1.82) is 0 Å². The number of rotatable bonds is 5. The molecule has 0 radical (unpaired) electrons. The highest BCUT2D eigenvalue weighted by atomic mass is 16.3. The largest absolute Gasteiger partial charge is 0.392 e. The van der Waals surface area contributed by atoms with Crippen molar-refractivity contribution < 1.29 is 9.90 Å². The summed E-state index contributed by atoms with van der Waals surface area (Å²) in [5.74, 6) is 0.676. The number of aliphatic hydroxyl groups excluding tert-OH is 1. The minimum atomic E-state index is 0.0782. The normalized spacial score (nSPS) is 17.0. The minimum absolute atomic E-state index is 0.0782. The maximum absolute atomic E-state index is 12.8. The molecule has 0 bridgehead atoms. The fraction of sp³-hybridized carbons (Fsp3) is 0.364. The number of hydrogen-bond donors (Lipinski definition) is 1. The maximum atomic E-state index is 12.8. The number of amides is 1. The summed E-state index contributed by atoms with van der Waals surface area (Å²) in [6.07, 6.45) is 6.20. The van der Waals surface area contributed by atoms with E-state index in [1.807, 2.05) is 52.9 Å². The Morgan fingerprint density at radius 2 is 2.00 bits per heavy atom. The van der Waals surface area contributed by atoms with Gasteiger partial charge in [0.05, 0.1) is 18.7 Å². The maximum Gasteiger partial charge on any atom is 0.228 e. The molecular weight excluding hydrogens is 338 g/mol. The molecule has 1 fully saturated rings. The molecule has 1 N–H and O–H groups in total. The first-order valence-corrected chi connectivity index (χ1v) is 9.52. The lowest BCUT2D eigenvalue weighted by atomic mass is 9.98. The number of carbonyl (C=O) groups excluding carboxylic acids is 1. The number of aliphatic hydroxyl groups is 1. The van der Waals surface area contributed by atoms with Crippen molar-refractivity contribution in [2.75, 3.05) is 13.1 Å². The van der Waals surface area contributed by atoms with Crippen molar-refractivity contribution in [2.24, 2.45) is 5.92 Å². The number of aryl methyl sites for hydroxylation is 1. The van der Waals surface area contributed by atoms with E-state index in [1.54, 1.807) is 0 Å². The molecule has 4 rings (SSSR count). The molecule has 1 saturated heterocycles. The molecule has 3 aromatic rings. The summed E-state index contributed by atoms with van der Waals surface area (Å²) in [7, 11) is 0. The zero-order valence-electron chi connectivity index (χ0n) is 15.6. The van der Waals surface area contributed by atoms with Crippen molar-refractivity contribution in [3.63, 3.8) is 0 Å². The zero-order chi connectivity index (χ0) is 18.8. The van der Waals surface area contributed by atoms with Gasteiger partial charge in [0.1, 0.15) is 5.65 Å². The summed E-state index contributed by atoms with van der Waals surface area (Å²) in [6, 6.07) is 12.1. The SMILES string of the molecule is Cc1cccn2c(CC(=O)N3CC[C@H](Cc4ccc(CO)cc4)C3)cnc12. The van der Waals surface area contributed by atoms with Crippen LogP contribution >= 0.6 is 0 Å². The summed E-state index contributed by atoms with van der Waals surface area (Å²) in [4.78, 5) is 19.2. The Morgan fingerprint density at radius 3 is 2.78 bits per heavy atom. The molecule has 3 heterocycles. The molecule has 5 heteroatoms. The van der Waals surface area contributed by atoms with E-state index < -0.39 is 0 Å². The number of fused-ring (bicyclic) bond motifs is 1. The second kappa shape index (κ2) is 7.53. The average Bonchev–Trinajstić information content (AvgIpc) is 3.31. The summed E-state index contributed by atoms with van der Waals surface area (Å²) >= 11 is 0. The van der Waals surface area contributed by atoms with Crippen LogP contribution in [0.1, 0.15) is 28.8 Å². The molecule has 1 atom stereocenters. The molecule has 0 aliphatic carbocycles. The molecule has 2 aromatic heterocycles. The fourth-order valence-corrected chi connectivity index (χ4v) is 3.94. The first-order valence-electron chi connectivity index (χ1n) is 9.52. The molecular formula is C22H25N3O2. The first kappa shape index (κ1) is 17.7. The van der Waals surface area contributed by atoms with E-state index in [0.29, 0.717) is 12.3 Å². The summed E-state index contributed by atoms with van der Waals surface area (Å²) in [6.45, 7) is 3.76. The van der Waals surface area contributed by atoms with Gasteiger partial charge in [-0.15, -0.1) is 0 Å². The van der Waals surface area contributed by atoms with Crippen LogP contribution in [0.2, 0.25) is 0 Å². The van der Waals surface area contributed by atoms with Crippen LogP contribution in [0.15, 0.2) is 48.8 Å². The summed E-state index contributed by atoms with van der Waals surface area (Å²) < 4.78 is 2.02. The van der Waals surface area contributed by atoms with Crippen molar-refractivity contribution in [3.8, 4) is 0 Å². The Morgan fingerprint density at radius 1 is 1.22 bits per heavy atom. The van der Waals surface area contributed by atoms with Gasteiger partial charge in [-0.25, -0.2) is 4.98 Å². The van der Waals surface area contributed by atoms with Crippen LogP contribution in [0, 0.1) is 12.8 Å². The van der Waals surface area contributed by atoms with E-state index in [4.69, 9.17) is 5.11 Å². The predicted molar refractivity (Wildman–Crippen MR) is 104 cm³/mol. The third-order valence-electron chi connectivity index (χ3n) is 5.51. The molecule has 0 unspecified atom stereocenters. The van der Waals surface area contributed by atoms with E-state index >= 15 is 0 Å². The lowest BCUT2D eigenvalue weighted by Gasteiger charge is -2.16. The topological polar surface area (TPSA) is 57.8 Å². The molecule has 5 nitrogen and oxygen atoms in total. The second-order valence-electron chi connectivity index (χ2n) is 7.48. The standard InChI is InChI=1S/C22H25N3O2/c1-16-3-2-9-25-20(13-23-22(16)25)12-21(27)24-10-8-19(14-24)11-17-4-6-18(15-26)7-5-17/h2-7,9,13,19,26H,8,10-12,14-15H2,1H3/t19-/m1/s1. The number of aromatic nitrogens is 2. The molecule has 1 aromatic carbocycles. The lowest BCUT2D eigenvalue weighted by Crippen LogP contribution is -2.30. The minimum Gasteiger partial charge on any atom is -0.392 e. The molecule has 0 spiro atoms. The quantitative estimate of drug-likeness (QED) is 0.758. The van der Waals surface area contributed by atoms with E-state index in [1.165, 1.54) is 5.56 Å². The van der Waals surface area contributed by atoms with Crippen molar-refractivity contribution in [2.45, 2.75) is 32.8 Å². The Balaban J connectivity index is 1.37. The van der Waals surface area contributed by atoms with Gasteiger partial charge < -0.3 is 14.4 Å². The number of benzene rings is 1. The molecule has 1 aliphatic heterocycles. The van der Waals surface area contributed by atoms with E-state index in [9.17, 15) is 4.79 Å². The average molecular weight is 363 g/mol. The van der Waals surface area contributed by atoms with E-state index in [0.717, 1.165) is 48.4 Å². The van der Waals surface area contributed by atoms with Crippen LogP contribution < -0.4 is 0 Å². The Hall–Kier alpha value is -2.66. The number of nitrogens with zero attached hydrogens (tertiary/aromatic N) is 3. The van der Waals surface area contributed by atoms with Gasteiger partial charge in [-0.3, -0.25) is 4.79 Å². The fourth-order valence-electron chi connectivity index (χ4n) is 3.94. The summed E-state index contributed by atoms with van der Waals surface area (Å²) in [5.41, 5.74) is 5.19. The van der Waals surface area contributed by atoms with E-state index in [-0.39, 0.29) is 12.5 Å². The number of hydrogen-bond acceptors (Lipinski definition) is 3. The lowest BCUT2D eigenvalue weighted by molar-refractivity contribution is -0.129. The molecule has 27 heavy (non-hydrogen) atoms. The van der Waals surface area contributed by atoms with Gasteiger partial charge in [0.25, 0.3) is 0 Å². The van der Waals surface area contributed by atoms with Crippen molar-refractivity contribution in [1.82, 2.24) is 14.3 Å². The highest BCUT2D eigenvalue weighted by Crippen LogP contribution is 2.22. The third-order valence-corrected chi connectivity index (χ3v) is 5.51. The number of pyridine rings is 1. The van der Waals surface area contributed by atoms with Gasteiger partial charge in [-0.2, -0.15) is 0 Å². The van der Waals surface area contributed by atoms with Crippen LogP contribution in [-0.2, 0) is 24.2 Å². The predicted octanol–water partition coefficient (Wildman–Crippen LogP) is 2.77. The summed E-state index contributed by atoms with van der Waals surface area (Å²) in [5, 5.41) is 9.14. The Kier molecular flexibility index (Phi) is 4.94. The van der Waals surface area contributed by atoms with Gasteiger partial charge >= 0.3 is 0 Å². The number of carbonyl (C=O) groups is 1. The number of imidazole rings is 1. The van der Waals surface area contributed by atoms with Gasteiger partial charge in [-0.05, 0) is 48.4 Å². The monoisotopic (exact) mass is 363 g/mol. The number of likely N-dealkylation sites (tertiary alicyclic amines) is 1. The van der Waals surface area contributed by atoms with Crippen LogP contribution in [0.4, 0.5) is 0 Å². The highest BCUT2D eigenvalue weighted by molar-refractivity contribution is 5.79. The molecule has 1 aliphatic rings. The van der Waals surface area contributed by atoms with Gasteiger partial charge in [0.15, 0.2) is 0 Å². The van der Waals surface area contributed by atoms with Crippen molar-refractivity contribution in [3.05, 3.63) is 71.2 Å². The molecule has 1 amide bonds. The van der Waals surface area contributed by atoms with Gasteiger partial charge in [0.2, 0.25) is 5.91 Å². The Labute approximate surface area is 159 Å². The van der Waals surface area contributed by atoms with Crippen molar-refractivity contribution >= 4 is 11.6 Å². The highest BCUT2D eigenvalue weighted by Gasteiger charge is 2.26. The van der Waals surface area contributed by atoms with Crippen LogP contribution in [0.3, 0.4) is 0 Å². The first-order chi connectivity index (χ1) is 13.1. The zero-order valence-corrected chi connectivity index (χ0v) is 15.6. The third kappa shape index (κ3) is 3.74. The molecule has 140 valence electrons. The van der Waals surface area contributed by atoms with Crippen LogP contribution in [0.5, 0.6) is 0 Å². The smallest absolute Gasteiger partial charge is 0.228 e. The molecule has 0 saturated carbocycles. The van der Waals surface area contributed by atoms with Crippen LogP contribution in [0.25, 0.3) is 5.65 Å².